The first-order valence-corrected chi connectivity index (χ1v) is 8.98. The highest BCUT2D eigenvalue weighted by atomic mass is 32.2. The standard InChI is InChI=1S/C11H16N2O4S2/c12-18(14,15)10-3-1-9(2-4-10)7-8-13-19(16,17)11-5-6-11/h1-4,11,13H,5-8H2,(H2,12,14,15). The predicted molar refractivity (Wildman–Crippen MR) is 71.5 cm³/mol. The molecular formula is C11H16N2O4S2. The third kappa shape index (κ3) is 4.00. The molecule has 8 heteroatoms. The third-order valence-electron chi connectivity index (χ3n) is 2.93. The molecule has 0 aromatic heterocycles. The van der Waals surface area contributed by atoms with E-state index in [0.29, 0.717) is 13.0 Å². The lowest BCUT2D eigenvalue weighted by molar-refractivity contribution is 0.580. The Morgan fingerprint density at radius 1 is 1.11 bits per heavy atom. The van der Waals surface area contributed by atoms with Crippen LogP contribution in [0.3, 0.4) is 0 Å². The maximum atomic E-state index is 11.6. The van der Waals surface area contributed by atoms with Crippen LogP contribution in [0.2, 0.25) is 0 Å². The Hall–Kier alpha value is -0.960. The molecular weight excluding hydrogens is 288 g/mol. The number of sulfonamides is 2. The fourth-order valence-electron chi connectivity index (χ4n) is 1.68. The zero-order chi connectivity index (χ0) is 14.1. The zero-order valence-electron chi connectivity index (χ0n) is 10.2. The van der Waals surface area contributed by atoms with Crippen molar-refractivity contribution in [3.05, 3.63) is 29.8 Å². The van der Waals surface area contributed by atoms with E-state index in [-0.39, 0.29) is 10.1 Å². The van der Waals surface area contributed by atoms with E-state index in [9.17, 15) is 16.8 Å². The van der Waals surface area contributed by atoms with Crippen molar-refractivity contribution in [2.75, 3.05) is 6.54 Å². The van der Waals surface area contributed by atoms with E-state index in [1.165, 1.54) is 12.1 Å². The molecule has 0 saturated heterocycles. The fraction of sp³-hybridized carbons (Fsp3) is 0.455. The lowest BCUT2D eigenvalue weighted by atomic mass is 10.2. The van der Waals surface area contributed by atoms with Crippen LogP contribution in [0.25, 0.3) is 0 Å². The molecule has 0 bridgehead atoms. The number of rotatable bonds is 6. The normalized spacial score (nSPS) is 16.5. The molecule has 2 rings (SSSR count). The molecule has 19 heavy (non-hydrogen) atoms. The molecule has 0 spiro atoms. The number of hydrogen-bond donors (Lipinski definition) is 2. The van der Waals surface area contributed by atoms with Crippen LogP contribution in [-0.2, 0) is 26.5 Å². The van der Waals surface area contributed by atoms with Crippen LogP contribution in [0.1, 0.15) is 18.4 Å². The summed E-state index contributed by atoms with van der Waals surface area (Å²) in [5, 5.41) is 4.76. The molecule has 1 aliphatic rings. The monoisotopic (exact) mass is 304 g/mol. The summed E-state index contributed by atoms with van der Waals surface area (Å²) in [6.45, 7) is 0.313. The van der Waals surface area contributed by atoms with Gasteiger partial charge in [-0.25, -0.2) is 26.7 Å². The Morgan fingerprint density at radius 2 is 1.68 bits per heavy atom. The summed E-state index contributed by atoms with van der Waals surface area (Å²) in [6, 6.07) is 6.09. The summed E-state index contributed by atoms with van der Waals surface area (Å²) >= 11 is 0. The van der Waals surface area contributed by atoms with Gasteiger partial charge in [-0.2, -0.15) is 0 Å². The highest BCUT2D eigenvalue weighted by Gasteiger charge is 2.35. The van der Waals surface area contributed by atoms with Gasteiger partial charge in [0, 0.05) is 6.54 Å². The smallest absolute Gasteiger partial charge is 0.225 e. The van der Waals surface area contributed by atoms with Gasteiger partial charge in [0.25, 0.3) is 0 Å². The van der Waals surface area contributed by atoms with E-state index in [1.807, 2.05) is 0 Å². The first kappa shape index (κ1) is 14.4. The van der Waals surface area contributed by atoms with Crippen LogP contribution in [0.15, 0.2) is 29.2 Å². The zero-order valence-corrected chi connectivity index (χ0v) is 11.9. The molecule has 3 N–H and O–H groups in total. The summed E-state index contributed by atoms with van der Waals surface area (Å²) in [5.41, 5.74) is 0.853. The number of benzene rings is 1. The van der Waals surface area contributed by atoms with Crippen molar-refractivity contribution in [1.29, 1.82) is 0 Å². The highest BCUT2D eigenvalue weighted by molar-refractivity contribution is 7.90. The van der Waals surface area contributed by atoms with Crippen molar-refractivity contribution < 1.29 is 16.8 Å². The van der Waals surface area contributed by atoms with Gasteiger partial charge in [0.2, 0.25) is 20.0 Å². The van der Waals surface area contributed by atoms with Crippen LogP contribution >= 0.6 is 0 Å². The Kier molecular flexibility index (Phi) is 3.95. The second kappa shape index (κ2) is 5.20. The molecule has 0 amide bonds. The molecule has 6 nitrogen and oxygen atoms in total. The molecule has 0 unspecified atom stereocenters. The Balaban J connectivity index is 1.90. The SMILES string of the molecule is NS(=O)(=O)c1ccc(CCNS(=O)(=O)C2CC2)cc1. The quantitative estimate of drug-likeness (QED) is 0.769. The van der Waals surface area contributed by atoms with Gasteiger partial charge in [-0.3, -0.25) is 0 Å². The molecule has 106 valence electrons. The average Bonchev–Trinajstić information content (AvgIpc) is 3.12. The van der Waals surface area contributed by atoms with Crippen molar-refractivity contribution in [3.8, 4) is 0 Å². The van der Waals surface area contributed by atoms with Gasteiger partial charge < -0.3 is 0 Å². The molecule has 1 aromatic rings. The average molecular weight is 304 g/mol. The van der Waals surface area contributed by atoms with Crippen molar-refractivity contribution in [3.63, 3.8) is 0 Å². The summed E-state index contributed by atoms with van der Waals surface area (Å²) in [7, 11) is -6.83. The fourth-order valence-corrected chi connectivity index (χ4v) is 3.57. The van der Waals surface area contributed by atoms with Crippen molar-refractivity contribution in [1.82, 2.24) is 4.72 Å². The maximum absolute atomic E-state index is 11.6. The third-order valence-corrected chi connectivity index (χ3v) is 5.82. The Morgan fingerprint density at radius 3 is 2.16 bits per heavy atom. The van der Waals surface area contributed by atoms with E-state index in [1.54, 1.807) is 12.1 Å². The van der Waals surface area contributed by atoms with Crippen molar-refractivity contribution >= 4 is 20.0 Å². The second-order valence-electron chi connectivity index (χ2n) is 4.58. The van der Waals surface area contributed by atoms with Crippen LogP contribution < -0.4 is 9.86 Å². The summed E-state index contributed by atoms with van der Waals surface area (Å²) in [6.07, 6.45) is 1.98. The van der Waals surface area contributed by atoms with Crippen molar-refractivity contribution in [2.45, 2.75) is 29.4 Å². The van der Waals surface area contributed by atoms with Crippen LogP contribution in [0.4, 0.5) is 0 Å². The van der Waals surface area contributed by atoms with Gasteiger partial charge in [0.05, 0.1) is 10.1 Å². The van der Waals surface area contributed by atoms with E-state index < -0.39 is 20.0 Å². The molecule has 1 saturated carbocycles. The van der Waals surface area contributed by atoms with Gasteiger partial charge in [0.15, 0.2) is 0 Å². The molecule has 0 atom stereocenters. The molecule has 0 radical (unpaired) electrons. The maximum Gasteiger partial charge on any atom is 0.238 e. The first-order valence-electron chi connectivity index (χ1n) is 5.89. The Bertz CT molecular complexity index is 646. The molecule has 1 aliphatic carbocycles. The van der Waals surface area contributed by atoms with Crippen LogP contribution in [-0.4, -0.2) is 28.6 Å². The van der Waals surface area contributed by atoms with Crippen LogP contribution in [0.5, 0.6) is 0 Å². The van der Waals surface area contributed by atoms with E-state index in [0.717, 1.165) is 18.4 Å². The van der Waals surface area contributed by atoms with Crippen molar-refractivity contribution in [2.24, 2.45) is 5.14 Å². The van der Waals surface area contributed by atoms with E-state index in [2.05, 4.69) is 4.72 Å². The number of nitrogens with one attached hydrogen (secondary N) is 1. The second-order valence-corrected chi connectivity index (χ2v) is 8.18. The number of primary sulfonamides is 1. The Labute approximate surface area is 113 Å². The minimum atomic E-state index is -3.68. The molecule has 0 aliphatic heterocycles. The lowest BCUT2D eigenvalue weighted by Gasteiger charge is -2.06. The summed E-state index contributed by atoms with van der Waals surface area (Å²) in [4.78, 5) is 0.0508. The largest absolute Gasteiger partial charge is 0.238 e. The van der Waals surface area contributed by atoms with Crippen LogP contribution in [0, 0.1) is 0 Å². The first-order chi connectivity index (χ1) is 8.79. The van der Waals surface area contributed by atoms with Gasteiger partial charge in [-0.1, -0.05) is 12.1 Å². The molecule has 0 heterocycles. The topological polar surface area (TPSA) is 106 Å². The summed E-state index contributed by atoms with van der Waals surface area (Å²) in [5.74, 6) is 0. The minimum absolute atomic E-state index is 0.0508. The van der Waals surface area contributed by atoms with Gasteiger partial charge in [-0.05, 0) is 37.0 Å². The number of nitrogens with two attached hydrogens (primary N) is 1. The predicted octanol–water partition coefficient (Wildman–Crippen LogP) is -0.0417. The van der Waals surface area contributed by atoms with E-state index >= 15 is 0 Å². The lowest BCUT2D eigenvalue weighted by Crippen LogP contribution is -2.29. The van der Waals surface area contributed by atoms with E-state index in [4.69, 9.17) is 5.14 Å². The van der Waals surface area contributed by atoms with Gasteiger partial charge >= 0.3 is 0 Å². The number of hydrogen-bond acceptors (Lipinski definition) is 4. The van der Waals surface area contributed by atoms with Gasteiger partial charge in [-0.15, -0.1) is 0 Å². The molecule has 1 fully saturated rings. The minimum Gasteiger partial charge on any atom is -0.225 e. The molecule has 1 aromatic carbocycles. The summed E-state index contributed by atoms with van der Waals surface area (Å²) < 4.78 is 47.8. The van der Waals surface area contributed by atoms with Gasteiger partial charge in [0.1, 0.15) is 0 Å². The highest BCUT2D eigenvalue weighted by Crippen LogP contribution is 2.27.